The molecule has 2 atom stereocenters. The topological polar surface area (TPSA) is 127 Å². The minimum Gasteiger partial charge on any atom is -0.475 e. The molecule has 0 aliphatic rings. The monoisotopic (exact) mass is 290 g/mol. The summed E-state index contributed by atoms with van der Waals surface area (Å²) in [6.07, 6.45) is -1.63. The van der Waals surface area contributed by atoms with Crippen LogP contribution in [0.5, 0.6) is 0 Å². The van der Waals surface area contributed by atoms with Gasteiger partial charge < -0.3 is 10.2 Å². The Morgan fingerprint density at radius 3 is 1.30 bits per heavy atom. The standard InChI is InChI=1S/C12H18O8/c1-3-5-7(9(13)11(15)16)19-20-8(6-4-2)10(14)12(17)18/h7-8H,3-6H2,1-2H3,(H,15,16)(H,17,18). The highest BCUT2D eigenvalue weighted by Gasteiger charge is 2.31. The molecule has 0 aromatic rings. The molecule has 0 amide bonds. The van der Waals surface area contributed by atoms with Gasteiger partial charge in [-0.05, 0) is 12.8 Å². The first-order valence-corrected chi connectivity index (χ1v) is 6.21. The lowest BCUT2D eigenvalue weighted by molar-refractivity contribution is -0.336. The number of carboxylic acid groups (broad SMARTS) is 2. The first kappa shape index (κ1) is 18.2. The van der Waals surface area contributed by atoms with Gasteiger partial charge in [-0.1, -0.05) is 26.7 Å². The Hall–Kier alpha value is -1.80. The van der Waals surface area contributed by atoms with Crippen LogP contribution in [0.25, 0.3) is 0 Å². The van der Waals surface area contributed by atoms with E-state index in [1.165, 1.54) is 0 Å². The molecule has 20 heavy (non-hydrogen) atoms. The Labute approximate surface area is 115 Å². The predicted octanol–water partition coefficient (Wildman–Crippen LogP) is 0.579. The Morgan fingerprint density at radius 1 is 0.800 bits per heavy atom. The Balaban J connectivity index is 4.70. The van der Waals surface area contributed by atoms with Crippen LogP contribution in [0.1, 0.15) is 39.5 Å². The van der Waals surface area contributed by atoms with Crippen LogP contribution in [0.2, 0.25) is 0 Å². The van der Waals surface area contributed by atoms with Gasteiger partial charge >= 0.3 is 11.9 Å². The lowest BCUT2D eigenvalue weighted by Gasteiger charge is -2.17. The van der Waals surface area contributed by atoms with E-state index in [0.717, 1.165) is 0 Å². The summed E-state index contributed by atoms with van der Waals surface area (Å²) in [4.78, 5) is 53.1. The Morgan fingerprint density at radius 2 is 1.10 bits per heavy atom. The van der Waals surface area contributed by atoms with E-state index in [4.69, 9.17) is 10.2 Å². The van der Waals surface area contributed by atoms with Crippen LogP contribution in [0.3, 0.4) is 0 Å². The van der Waals surface area contributed by atoms with Crippen molar-refractivity contribution in [3.05, 3.63) is 0 Å². The molecule has 0 radical (unpaired) electrons. The number of carbonyl (C=O) groups excluding carboxylic acids is 2. The number of carbonyl (C=O) groups is 4. The fourth-order valence-electron chi connectivity index (χ4n) is 1.38. The zero-order valence-corrected chi connectivity index (χ0v) is 11.3. The highest BCUT2D eigenvalue weighted by Crippen LogP contribution is 2.10. The highest BCUT2D eigenvalue weighted by atomic mass is 17.2. The minimum atomic E-state index is -1.68. The van der Waals surface area contributed by atoms with Crippen molar-refractivity contribution >= 4 is 23.5 Å². The number of hydrogen-bond acceptors (Lipinski definition) is 6. The van der Waals surface area contributed by atoms with Crippen molar-refractivity contribution in [2.45, 2.75) is 51.7 Å². The second kappa shape index (κ2) is 9.16. The molecule has 0 bridgehead atoms. The first-order chi connectivity index (χ1) is 9.34. The van der Waals surface area contributed by atoms with Crippen molar-refractivity contribution in [1.82, 2.24) is 0 Å². The maximum atomic E-state index is 11.3. The lowest BCUT2D eigenvalue weighted by Crippen LogP contribution is -2.36. The molecule has 0 heterocycles. The van der Waals surface area contributed by atoms with Crippen molar-refractivity contribution < 1.29 is 39.2 Å². The minimum absolute atomic E-state index is 0.0885. The maximum absolute atomic E-state index is 11.3. The van der Waals surface area contributed by atoms with Gasteiger partial charge in [0.05, 0.1) is 0 Å². The second-order valence-electron chi connectivity index (χ2n) is 4.09. The molecule has 0 saturated carbocycles. The SMILES string of the molecule is CCCC(OOC(CCC)C(=O)C(=O)O)C(=O)C(=O)O. The quantitative estimate of drug-likeness (QED) is 0.321. The van der Waals surface area contributed by atoms with Crippen molar-refractivity contribution in [3.63, 3.8) is 0 Å². The van der Waals surface area contributed by atoms with E-state index in [-0.39, 0.29) is 12.8 Å². The summed E-state index contributed by atoms with van der Waals surface area (Å²) in [7, 11) is 0. The summed E-state index contributed by atoms with van der Waals surface area (Å²) in [6.45, 7) is 3.41. The largest absolute Gasteiger partial charge is 0.475 e. The lowest BCUT2D eigenvalue weighted by atomic mass is 10.1. The zero-order valence-electron chi connectivity index (χ0n) is 11.3. The molecule has 0 spiro atoms. The molecule has 2 N–H and O–H groups in total. The third-order valence-electron chi connectivity index (χ3n) is 2.40. The van der Waals surface area contributed by atoms with E-state index in [2.05, 4.69) is 9.78 Å². The van der Waals surface area contributed by atoms with Crippen LogP contribution >= 0.6 is 0 Å². The molecule has 0 aliphatic carbocycles. The third kappa shape index (κ3) is 5.89. The first-order valence-electron chi connectivity index (χ1n) is 6.21. The number of rotatable bonds is 11. The fraction of sp³-hybridized carbons (Fsp3) is 0.667. The van der Waals surface area contributed by atoms with Crippen LogP contribution in [0.4, 0.5) is 0 Å². The number of hydrogen-bond donors (Lipinski definition) is 2. The Kier molecular flexibility index (Phi) is 8.33. The molecular formula is C12H18O8. The van der Waals surface area contributed by atoms with E-state index < -0.39 is 35.7 Å². The van der Waals surface area contributed by atoms with Crippen molar-refractivity contribution in [3.8, 4) is 0 Å². The maximum Gasteiger partial charge on any atom is 0.375 e. The molecule has 2 unspecified atom stereocenters. The molecule has 0 rings (SSSR count). The van der Waals surface area contributed by atoms with Gasteiger partial charge in [0.1, 0.15) is 0 Å². The van der Waals surface area contributed by atoms with Crippen LogP contribution < -0.4 is 0 Å². The van der Waals surface area contributed by atoms with E-state index in [0.29, 0.717) is 12.8 Å². The Bertz CT molecular complexity index is 340. The van der Waals surface area contributed by atoms with Gasteiger partial charge in [-0.25, -0.2) is 19.4 Å². The van der Waals surface area contributed by atoms with Gasteiger partial charge in [-0.3, -0.25) is 9.59 Å². The fourth-order valence-corrected chi connectivity index (χ4v) is 1.38. The van der Waals surface area contributed by atoms with Crippen LogP contribution in [-0.4, -0.2) is 45.9 Å². The van der Waals surface area contributed by atoms with Crippen molar-refractivity contribution in [2.24, 2.45) is 0 Å². The molecule has 0 aliphatic heterocycles. The summed E-state index contributed by atoms with van der Waals surface area (Å²) in [5, 5.41) is 17.2. The second-order valence-corrected chi connectivity index (χ2v) is 4.09. The zero-order chi connectivity index (χ0) is 15.7. The van der Waals surface area contributed by atoms with E-state index in [1.54, 1.807) is 13.8 Å². The molecule has 0 aromatic heterocycles. The van der Waals surface area contributed by atoms with Crippen molar-refractivity contribution in [1.29, 1.82) is 0 Å². The predicted molar refractivity (Wildman–Crippen MR) is 64.8 cm³/mol. The summed E-state index contributed by atoms with van der Waals surface area (Å²) < 4.78 is 0. The summed E-state index contributed by atoms with van der Waals surface area (Å²) >= 11 is 0. The number of ketones is 2. The summed E-state index contributed by atoms with van der Waals surface area (Å²) in [5.41, 5.74) is 0. The van der Waals surface area contributed by atoms with Gasteiger partial charge in [-0.2, -0.15) is 0 Å². The summed E-state index contributed by atoms with van der Waals surface area (Å²) in [5.74, 6) is -5.76. The molecular weight excluding hydrogens is 272 g/mol. The van der Waals surface area contributed by atoms with E-state index in [9.17, 15) is 19.2 Å². The van der Waals surface area contributed by atoms with Crippen molar-refractivity contribution in [2.75, 3.05) is 0 Å². The average molecular weight is 290 g/mol. The smallest absolute Gasteiger partial charge is 0.375 e. The number of Topliss-reactive ketones (excluding diaryl/α,β-unsaturated/α-hetero) is 2. The van der Waals surface area contributed by atoms with Gasteiger partial charge in [0.25, 0.3) is 11.6 Å². The van der Waals surface area contributed by atoms with Gasteiger partial charge in [0.15, 0.2) is 12.2 Å². The molecule has 0 saturated heterocycles. The van der Waals surface area contributed by atoms with E-state index in [1.807, 2.05) is 0 Å². The normalized spacial score (nSPS) is 13.5. The van der Waals surface area contributed by atoms with Gasteiger partial charge in [0, 0.05) is 0 Å². The molecule has 0 fully saturated rings. The van der Waals surface area contributed by atoms with Crippen LogP contribution in [0.15, 0.2) is 0 Å². The number of carboxylic acids is 2. The van der Waals surface area contributed by atoms with E-state index >= 15 is 0 Å². The molecule has 8 heteroatoms. The average Bonchev–Trinajstić information content (AvgIpc) is 2.39. The highest BCUT2D eigenvalue weighted by molar-refractivity contribution is 6.35. The van der Waals surface area contributed by atoms with Gasteiger partial charge in [-0.15, -0.1) is 0 Å². The summed E-state index contributed by atoms with van der Waals surface area (Å²) in [6, 6.07) is 0. The third-order valence-corrected chi connectivity index (χ3v) is 2.40. The number of aliphatic carboxylic acids is 2. The van der Waals surface area contributed by atoms with Gasteiger partial charge in [0.2, 0.25) is 0 Å². The molecule has 114 valence electrons. The van der Waals surface area contributed by atoms with Crippen LogP contribution in [-0.2, 0) is 29.0 Å². The molecule has 0 aromatic carbocycles. The molecule has 8 nitrogen and oxygen atoms in total. The van der Waals surface area contributed by atoms with Crippen LogP contribution in [0, 0.1) is 0 Å².